The first-order chi connectivity index (χ1) is 15.6. The molecule has 0 aliphatic heterocycles. The smallest absolute Gasteiger partial charge is 0.303 e. The van der Waals surface area contributed by atoms with Crippen LogP contribution in [0.2, 0.25) is 5.02 Å². The number of aliphatic carboxylic acids is 1. The molecule has 0 aromatic heterocycles. The van der Waals surface area contributed by atoms with Crippen molar-refractivity contribution in [2.45, 2.75) is 37.1 Å². The van der Waals surface area contributed by atoms with Gasteiger partial charge in [-0.15, -0.1) is 0 Å². The van der Waals surface area contributed by atoms with Gasteiger partial charge in [-0.25, -0.2) is 17.2 Å². The fourth-order valence-corrected chi connectivity index (χ4v) is 5.28. The van der Waals surface area contributed by atoms with Crippen molar-refractivity contribution in [3.63, 3.8) is 0 Å². The molecule has 1 atom stereocenters. The van der Waals surface area contributed by atoms with E-state index in [0.717, 1.165) is 28.1 Å². The monoisotopic (exact) mass is 493 g/mol. The summed E-state index contributed by atoms with van der Waals surface area (Å²) in [6.45, 7) is 1.58. The molecule has 5 nitrogen and oxygen atoms in total. The molecule has 9 heteroatoms. The second-order valence-electron chi connectivity index (χ2n) is 7.52. The van der Waals surface area contributed by atoms with Crippen LogP contribution in [0.3, 0.4) is 0 Å². The molecule has 0 saturated carbocycles. The molecule has 0 saturated heterocycles. The van der Waals surface area contributed by atoms with Gasteiger partial charge in [-0.1, -0.05) is 35.9 Å². The third-order valence-electron chi connectivity index (χ3n) is 5.16. The van der Waals surface area contributed by atoms with Crippen molar-refractivity contribution in [3.8, 4) is 0 Å². The van der Waals surface area contributed by atoms with Gasteiger partial charge in [0.1, 0.15) is 11.6 Å². The van der Waals surface area contributed by atoms with E-state index in [0.29, 0.717) is 23.4 Å². The lowest BCUT2D eigenvalue weighted by molar-refractivity contribution is -0.137. The van der Waals surface area contributed by atoms with E-state index < -0.39 is 39.4 Å². The zero-order chi connectivity index (χ0) is 24.2. The molecule has 33 heavy (non-hydrogen) atoms. The Labute approximate surface area is 196 Å². The Morgan fingerprint density at radius 2 is 1.76 bits per heavy atom. The summed E-state index contributed by atoms with van der Waals surface area (Å²) in [5.41, 5.74) is 0.932. The van der Waals surface area contributed by atoms with Crippen LogP contribution in [-0.4, -0.2) is 19.5 Å². The first kappa shape index (κ1) is 24.7. The average molecular weight is 494 g/mol. The minimum Gasteiger partial charge on any atom is -0.481 e. The number of carbonyl (C=O) groups is 1. The van der Waals surface area contributed by atoms with Gasteiger partial charge in [-0.05, 0) is 67.3 Å². The van der Waals surface area contributed by atoms with E-state index in [-0.39, 0.29) is 11.3 Å². The zero-order valence-electron chi connectivity index (χ0n) is 17.7. The van der Waals surface area contributed by atoms with Gasteiger partial charge in [-0.3, -0.25) is 9.10 Å². The highest BCUT2D eigenvalue weighted by molar-refractivity contribution is 7.92. The molecule has 0 aliphatic rings. The van der Waals surface area contributed by atoms with Crippen molar-refractivity contribution in [2.24, 2.45) is 0 Å². The number of aryl methyl sites for hydroxylation is 1. The minimum absolute atomic E-state index is 0.00531. The SMILES string of the molecule is C[C@H](c1cccc(CCCC(=O)O)c1)N(c1cc(F)ccc1F)S(=O)(=O)c1ccc(Cl)cc1. The summed E-state index contributed by atoms with van der Waals surface area (Å²) < 4.78 is 56.8. The van der Waals surface area contributed by atoms with E-state index >= 15 is 0 Å². The number of hydrogen-bond acceptors (Lipinski definition) is 3. The van der Waals surface area contributed by atoms with E-state index in [1.165, 1.54) is 24.3 Å². The van der Waals surface area contributed by atoms with Crippen LogP contribution in [0.1, 0.15) is 36.9 Å². The van der Waals surface area contributed by atoms with Gasteiger partial charge in [0.05, 0.1) is 16.6 Å². The van der Waals surface area contributed by atoms with Gasteiger partial charge in [-0.2, -0.15) is 0 Å². The minimum atomic E-state index is -4.31. The third kappa shape index (κ3) is 5.89. The summed E-state index contributed by atoms with van der Waals surface area (Å²) in [6, 6.07) is 14.1. The van der Waals surface area contributed by atoms with E-state index in [9.17, 15) is 22.0 Å². The Bertz CT molecular complexity index is 1250. The largest absolute Gasteiger partial charge is 0.481 e. The van der Waals surface area contributed by atoms with Crippen LogP contribution >= 0.6 is 11.6 Å². The molecule has 0 heterocycles. The van der Waals surface area contributed by atoms with Gasteiger partial charge >= 0.3 is 5.97 Å². The summed E-state index contributed by atoms with van der Waals surface area (Å²) in [7, 11) is -4.31. The van der Waals surface area contributed by atoms with E-state index in [4.69, 9.17) is 16.7 Å². The van der Waals surface area contributed by atoms with E-state index in [1.807, 2.05) is 0 Å². The fraction of sp³-hybridized carbons (Fsp3) is 0.208. The molecular formula is C24H22ClF2NO4S. The fourth-order valence-electron chi connectivity index (χ4n) is 3.51. The molecule has 3 aromatic rings. The Morgan fingerprint density at radius 1 is 1.06 bits per heavy atom. The van der Waals surface area contributed by atoms with Crippen molar-refractivity contribution in [3.05, 3.63) is 94.5 Å². The molecule has 0 aliphatic carbocycles. The molecule has 0 radical (unpaired) electrons. The van der Waals surface area contributed by atoms with Gasteiger partial charge < -0.3 is 5.11 Å². The van der Waals surface area contributed by atoms with Crippen LogP contribution in [0, 0.1) is 11.6 Å². The summed E-state index contributed by atoms with van der Waals surface area (Å²) >= 11 is 5.89. The van der Waals surface area contributed by atoms with Crippen LogP contribution < -0.4 is 4.31 Å². The summed E-state index contributed by atoms with van der Waals surface area (Å²) in [5, 5.41) is 9.18. The number of anilines is 1. The maximum atomic E-state index is 14.8. The first-order valence-corrected chi connectivity index (χ1v) is 12.0. The average Bonchev–Trinajstić information content (AvgIpc) is 2.76. The molecule has 0 amide bonds. The number of rotatable bonds is 9. The molecule has 0 bridgehead atoms. The van der Waals surface area contributed by atoms with E-state index in [1.54, 1.807) is 31.2 Å². The molecule has 0 spiro atoms. The van der Waals surface area contributed by atoms with Crippen LogP contribution in [0.5, 0.6) is 0 Å². The third-order valence-corrected chi connectivity index (χ3v) is 7.31. The summed E-state index contributed by atoms with van der Waals surface area (Å²) in [4.78, 5) is 10.7. The van der Waals surface area contributed by atoms with Crippen LogP contribution in [-0.2, 0) is 21.2 Å². The lowest BCUT2D eigenvalue weighted by Gasteiger charge is -2.31. The van der Waals surface area contributed by atoms with E-state index in [2.05, 4.69) is 0 Å². The number of nitrogens with zero attached hydrogens (tertiary/aromatic N) is 1. The first-order valence-electron chi connectivity index (χ1n) is 10.2. The van der Waals surface area contributed by atoms with Crippen molar-refractivity contribution in [1.82, 2.24) is 0 Å². The molecule has 1 N–H and O–H groups in total. The number of carboxylic acids is 1. The lowest BCUT2D eigenvalue weighted by Crippen LogP contribution is -2.34. The molecule has 3 rings (SSSR count). The van der Waals surface area contributed by atoms with Gasteiger partial charge in [0.25, 0.3) is 10.0 Å². The van der Waals surface area contributed by atoms with Crippen LogP contribution in [0.25, 0.3) is 0 Å². The zero-order valence-corrected chi connectivity index (χ0v) is 19.3. The summed E-state index contributed by atoms with van der Waals surface area (Å²) in [6.07, 6.45) is 0.898. The Hall–Kier alpha value is -2.97. The Morgan fingerprint density at radius 3 is 2.42 bits per heavy atom. The number of sulfonamides is 1. The number of halogens is 3. The molecular weight excluding hydrogens is 472 g/mol. The predicted octanol–water partition coefficient (Wildman–Crippen LogP) is 5.98. The standard InChI is InChI=1S/C24H22ClF2NO4S/c1-16(18-6-2-4-17(14-18)5-3-7-24(29)30)28(23-15-20(26)10-13-22(23)27)33(31,32)21-11-8-19(25)9-12-21/h2,4,6,8-16H,3,5,7H2,1H3,(H,29,30)/t16-/m1/s1. The van der Waals surface area contributed by atoms with Crippen molar-refractivity contribution < 1.29 is 27.1 Å². The molecule has 0 fully saturated rings. The number of benzene rings is 3. The predicted molar refractivity (Wildman–Crippen MR) is 123 cm³/mol. The molecule has 0 unspecified atom stereocenters. The number of carboxylic acid groups (broad SMARTS) is 1. The van der Waals surface area contributed by atoms with Crippen LogP contribution in [0.15, 0.2) is 71.6 Å². The van der Waals surface area contributed by atoms with Crippen molar-refractivity contribution in [2.75, 3.05) is 4.31 Å². The van der Waals surface area contributed by atoms with Gasteiger partial charge in [0, 0.05) is 17.5 Å². The number of hydrogen-bond donors (Lipinski definition) is 1. The second kappa shape index (κ2) is 10.3. The Kier molecular flexibility index (Phi) is 7.71. The Balaban J connectivity index is 2.07. The highest BCUT2D eigenvalue weighted by Crippen LogP contribution is 2.36. The van der Waals surface area contributed by atoms with Crippen molar-refractivity contribution in [1.29, 1.82) is 0 Å². The maximum Gasteiger partial charge on any atom is 0.303 e. The van der Waals surface area contributed by atoms with Crippen molar-refractivity contribution >= 4 is 33.3 Å². The molecule has 174 valence electrons. The van der Waals surface area contributed by atoms with Crippen LogP contribution in [0.4, 0.5) is 14.5 Å². The molecule has 3 aromatic carbocycles. The topological polar surface area (TPSA) is 74.7 Å². The maximum absolute atomic E-state index is 14.8. The van der Waals surface area contributed by atoms with Gasteiger partial charge in [0.2, 0.25) is 0 Å². The second-order valence-corrected chi connectivity index (χ2v) is 9.77. The highest BCUT2D eigenvalue weighted by atomic mass is 35.5. The quantitative estimate of drug-likeness (QED) is 0.398. The van der Waals surface area contributed by atoms with Gasteiger partial charge in [0.15, 0.2) is 0 Å². The lowest BCUT2D eigenvalue weighted by atomic mass is 10.0. The normalized spacial score (nSPS) is 12.4. The summed E-state index contributed by atoms with van der Waals surface area (Å²) in [5.74, 6) is -2.57. The highest BCUT2D eigenvalue weighted by Gasteiger charge is 2.32.